The monoisotopic (exact) mass is 255 g/mol. The molecule has 2 nitrogen and oxygen atoms in total. The second-order valence-corrected chi connectivity index (χ2v) is 5.29. The molecule has 1 atom stereocenters. The summed E-state index contributed by atoms with van der Waals surface area (Å²) in [5.74, 6) is 0.500. The van der Waals surface area contributed by atoms with Crippen LogP contribution in [0, 0.1) is 6.92 Å². The summed E-state index contributed by atoms with van der Waals surface area (Å²) < 4.78 is 0. The number of benzene rings is 2. The average Bonchev–Trinajstić information content (AvgIpc) is 2.41. The van der Waals surface area contributed by atoms with Crippen LogP contribution in [0.1, 0.15) is 48.1 Å². The molecule has 19 heavy (non-hydrogen) atoms. The van der Waals surface area contributed by atoms with E-state index in [9.17, 15) is 5.11 Å². The van der Waals surface area contributed by atoms with Crippen molar-refractivity contribution in [3.63, 3.8) is 0 Å². The molecular formula is C17H21NO. The standard InChI is InChI=1S/C17H21NO/c1-11(2)13-7-9-14(10-8-13)17(19)15-5-4-6-16(18)12(15)3/h4-11,17,19H,18H2,1-3H3/t17-/m0/s1. The van der Waals surface area contributed by atoms with Gasteiger partial charge in [-0.1, -0.05) is 50.2 Å². The van der Waals surface area contributed by atoms with Crippen molar-refractivity contribution in [3.05, 3.63) is 64.7 Å². The highest BCUT2D eigenvalue weighted by Crippen LogP contribution is 2.28. The molecule has 0 heterocycles. The summed E-state index contributed by atoms with van der Waals surface area (Å²) in [5, 5.41) is 10.5. The third-order valence-corrected chi connectivity index (χ3v) is 3.63. The molecule has 2 aromatic carbocycles. The van der Waals surface area contributed by atoms with Gasteiger partial charge in [-0.05, 0) is 41.2 Å². The van der Waals surface area contributed by atoms with E-state index in [1.165, 1.54) is 5.56 Å². The van der Waals surface area contributed by atoms with E-state index in [-0.39, 0.29) is 0 Å². The highest BCUT2D eigenvalue weighted by atomic mass is 16.3. The van der Waals surface area contributed by atoms with Gasteiger partial charge in [0.2, 0.25) is 0 Å². The van der Waals surface area contributed by atoms with Gasteiger partial charge in [-0.15, -0.1) is 0 Å². The number of anilines is 1. The summed E-state index contributed by atoms with van der Waals surface area (Å²) in [6, 6.07) is 13.8. The maximum Gasteiger partial charge on any atom is 0.104 e. The van der Waals surface area contributed by atoms with Crippen LogP contribution in [0.2, 0.25) is 0 Å². The van der Waals surface area contributed by atoms with Crippen LogP contribution >= 0.6 is 0 Å². The lowest BCUT2D eigenvalue weighted by Crippen LogP contribution is -2.04. The molecule has 0 saturated carbocycles. The van der Waals surface area contributed by atoms with E-state index >= 15 is 0 Å². The van der Waals surface area contributed by atoms with Gasteiger partial charge >= 0.3 is 0 Å². The van der Waals surface area contributed by atoms with Gasteiger partial charge in [0.25, 0.3) is 0 Å². The minimum atomic E-state index is -0.621. The molecule has 0 aromatic heterocycles. The summed E-state index contributed by atoms with van der Waals surface area (Å²) in [6.07, 6.45) is -0.621. The number of nitrogens with two attached hydrogens (primary N) is 1. The van der Waals surface area contributed by atoms with Crippen LogP contribution in [0.15, 0.2) is 42.5 Å². The Morgan fingerprint density at radius 1 is 0.947 bits per heavy atom. The van der Waals surface area contributed by atoms with E-state index in [2.05, 4.69) is 26.0 Å². The number of hydrogen-bond donors (Lipinski definition) is 2. The molecule has 3 N–H and O–H groups in total. The Kier molecular flexibility index (Phi) is 3.91. The van der Waals surface area contributed by atoms with Crippen molar-refractivity contribution in [2.75, 3.05) is 5.73 Å². The predicted octanol–water partition coefficient (Wildman–Crippen LogP) is 3.78. The Morgan fingerprint density at radius 3 is 2.11 bits per heavy atom. The summed E-state index contributed by atoms with van der Waals surface area (Å²) >= 11 is 0. The minimum Gasteiger partial charge on any atom is -0.399 e. The fourth-order valence-corrected chi connectivity index (χ4v) is 2.21. The zero-order valence-electron chi connectivity index (χ0n) is 11.7. The van der Waals surface area contributed by atoms with Crippen molar-refractivity contribution >= 4 is 5.69 Å². The number of nitrogen functional groups attached to an aromatic ring is 1. The first-order chi connectivity index (χ1) is 9.00. The van der Waals surface area contributed by atoms with Crippen molar-refractivity contribution in [1.29, 1.82) is 0 Å². The number of aliphatic hydroxyl groups is 1. The molecule has 0 aliphatic heterocycles. The first kappa shape index (κ1) is 13.6. The third-order valence-electron chi connectivity index (χ3n) is 3.63. The van der Waals surface area contributed by atoms with Crippen LogP contribution in [-0.4, -0.2) is 5.11 Å². The van der Waals surface area contributed by atoms with Crippen molar-refractivity contribution in [2.24, 2.45) is 0 Å². The van der Waals surface area contributed by atoms with E-state index in [1.54, 1.807) is 0 Å². The lowest BCUT2D eigenvalue weighted by molar-refractivity contribution is 0.219. The Morgan fingerprint density at radius 2 is 1.53 bits per heavy atom. The normalized spacial score (nSPS) is 12.7. The first-order valence-electron chi connectivity index (χ1n) is 6.63. The van der Waals surface area contributed by atoms with Crippen LogP contribution in [-0.2, 0) is 0 Å². The fourth-order valence-electron chi connectivity index (χ4n) is 2.21. The molecule has 0 saturated heterocycles. The van der Waals surface area contributed by atoms with E-state index in [1.807, 2.05) is 37.3 Å². The van der Waals surface area contributed by atoms with Gasteiger partial charge in [-0.25, -0.2) is 0 Å². The Labute approximate surface area is 114 Å². The minimum absolute atomic E-state index is 0.500. The quantitative estimate of drug-likeness (QED) is 0.820. The fraction of sp³-hybridized carbons (Fsp3) is 0.294. The molecular weight excluding hydrogens is 234 g/mol. The molecule has 0 unspecified atom stereocenters. The lowest BCUT2D eigenvalue weighted by atomic mass is 9.94. The second kappa shape index (κ2) is 5.45. The largest absolute Gasteiger partial charge is 0.399 e. The van der Waals surface area contributed by atoms with Gasteiger partial charge < -0.3 is 10.8 Å². The Hall–Kier alpha value is -1.80. The maximum absolute atomic E-state index is 10.5. The topological polar surface area (TPSA) is 46.2 Å². The number of rotatable bonds is 3. The lowest BCUT2D eigenvalue weighted by Gasteiger charge is -2.16. The molecule has 0 radical (unpaired) electrons. The summed E-state index contributed by atoms with van der Waals surface area (Å²) in [7, 11) is 0. The molecule has 0 aliphatic rings. The van der Waals surface area contributed by atoms with Crippen molar-refractivity contribution in [1.82, 2.24) is 0 Å². The van der Waals surface area contributed by atoms with Crippen LogP contribution in [0.5, 0.6) is 0 Å². The molecule has 0 aliphatic carbocycles. The van der Waals surface area contributed by atoms with E-state index in [0.29, 0.717) is 5.92 Å². The zero-order chi connectivity index (χ0) is 14.0. The molecule has 2 rings (SSSR count). The highest BCUT2D eigenvalue weighted by molar-refractivity contribution is 5.52. The summed E-state index contributed by atoms with van der Waals surface area (Å²) in [4.78, 5) is 0. The van der Waals surface area contributed by atoms with Crippen molar-refractivity contribution in [3.8, 4) is 0 Å². The Balaban J connectivity index is 2.33. The highest BCUT2D eigenvalue weighted by Gasteiger charge is 2.14. The number of hydrogen-bond acceptors (Lipinski definition) is 2. The Bertz CT molecular complexity index is 558. The van der Waals surface area contributed by atoms with Crippen molar-refractivity contribution < 1.29 is 5.11 Å². The molecule has 2 aromatic rings. The zero-order valence-corrected chi connectivity index (χ0v) is 11.7. The van der Waals surface area contributed by atoms with Crippen LogP contribution < -0.4 is 5.73 Å². The van der Waals surface area contributed by atoms with Crippen LogP contribution in [0.25, 0.3) is 0 Å². The molecule has 0 amide bonds. The summed E-state index contributed by atoms with van der Waals surface area (Å²) in [6.45, 7) is 6.26. The molecule has 0 bridgehead atoms. The molecule has 0 spiro atoms. The predicted molar refractivity (Wildman–Crippen MR) is 80.2 cm³/mol. The SMILES string of the molecule is Cc1c(N)cccc1[C@@H](O)c1ccc(C(C)C)cc1. The van der Waals surface area contributed by atoms with Gasteiger partial charge in [0.1, 0.15) is 6.10 Å². The molecule has 100 valence electrons. The van der Waals surface area contributed by atoms with E-state index < -0.39 is 6.10 Å². The first-order valence-corrected chi connectivity index (χ1v) is 6.63. The van der Waals surface area contributed by atoms with Gasteiger partial charge in [-0.2, -0.15) is 0 Å². The van der Waals surface area contributed by atoms with Gasteiger partial charge in [0, 0.05) is 5.69 Å². The maximum atomic E-state index is 10.5. The smallest absolute Gasteiger partial charge is 0.104 e. The average molecular weight is 255 g/mol. The van der Waals surface area contributed by atoms with Gasteiger partial charge in [0.15, 0.2) is 0 Å². The second-order valence-electron chi connectivity index (χ2n) is 5.29. The van der Waals surface area contributed by atoms with E-state index in [0.717, 1.165) is 22.4 Å². The van der Waals surface area contributed by atoms with Crippen LogP contribution in [0.4, 0.5) is 5.69 Å². The van der Waals surface area contributed by atoms with E-state index in [4.69, 9.17) is 5.73 Å². The summed E-state index contributed by atoms with van der Waals surface area (Å²) in [5.41, 5.74) is 10.6. The van der Waals surface area contributed by atoms with Gasteiger partial charge in [-0.3, -0.25) is 0 Å². The molecule has 2 heteroatoms. The molecule has 0 fully saturated rings. The number of aliphatic hydroxyl groups excluding tert-OH is 1. The van der Waals surface area contributed by atoms with Crippen molar-refractivity contribution in [2.45, 2.75) is 32.8 Å². The van der Waals surface area contributed by atoms with Gasteiger partial charge in [0.05, 0.1) is 0 Å². The third kappa shape index (κ3) is 2.79. The van der Waals surface area contributed by atoms with Crippen LogP contribution in [0.3, 0.4) is 0 Å².